The molecule has 4 heteroatoms. The first-order valence-electron chi connectivity index (χ1n) is 4.25. The predicted molar refractivity (Wildman–Crippen MR) is 50.1 cm³/mol. The molecule has 1 fully saturated rings. The second-order valence-electron chi connectivity index (χ2n) is 3.19. The highest BCUT2D eigenvalue weighted by Gasteiger charge is 2.20. The number of nitrogen functional groups attached to an aromatic ring is 1. The number of azo groups is 1. The van der Waals surface area contributed by atoms with Crippen molar-refractivity contribution in [2.75, 3.05) is 5.73 Å². The summed E-state index contributed by atoms with van der Waals surface area (Å²) >= 11 is 0. The molecule has 1 aliphatic rings. The summed E-state index contributed by atoms with van der Waals surface area (Å²) in [4.78, 5) is 0. The van der Waals surface area contributed by atoms with Crippen molar-refractivity contribution in [3.8, 4) is 5.75 Å². The lowest BCUT2D eigenvalue weighted by Crippen LogP contribution is -1.84. The van der Waals surface area contributed by atoms with Crippen LogP contribution in [0.3, 0.4) is 0 Å². The summed E-state index contributed by atoms with van der Waals surface area (Å²) in [6.45, 7) is 0. The van der Waals surface area contributed by atoms with Crippen molar-refractivity contribution >= 4 is 11.4 Å². The van der Waals surface area contributed by atoms with Crippen LogP contribution in [-0.4, -0.2) is 11.1 Å². The zero-order valence-electron chi connectivity index (χ0n) is 7.14. The van der Waals surface area contributed by atoms with Crippen LogP contribution in [0.1, 0.15) is 12.8 Å². The van der Waals surface area contributed by atoms with Crippen molar-refractivity contribution in [3.05, 3.63) is 18.2 Å². The molecule has 1 aliphatic carbocycles. The van der Waals surface area contributed by atoms with Crippen molar-refractivity contribution < 1.29 is 5.11 Å². The summed E-state index contributed by atoms with van der Waals surface area (Å²) in [5.41, 5.74) is 6.71. The van der Waals surface area contributed by atoms with E-state index < -0.39 is 0 Å². The minimum atomic E-state index is 0.155. The Labute approximate surface area is 76.1 Å². The maximum absolute atomic E-state index is 9.07. The van der Waals surface area contributed by atoms with Crippen LogP contribution in [0.25, 0.3) is 0 Å². The third-order valence-electron chi connectivity index (χ3n) is 1.89. The molecule has 1 aromatic rings. The van der Waals surface area contributed by atoms with Crippen LogP contribution in [-0.2, 0) is 0 Å². The molecular formula is C9H11N3O. The number of benzene rings is 1. The second-order valence-corrected chi connectivity index (χ2v) is 3.19. The number of aromatic hydroxyl groups is 1. The molecular weight excluding hydrogens is 166 g/mol. The first-order chi connectivity index (χ1) is 6.25. The van der Waals surface area contributed by atoms with Crippen LogP contribution >= 0.6 is 0 Å². The molecule has 1 saturated carbocycles. The van der Waals surface area contributed by atoms with Gasteiger partial charge in [-0.15, -0.1) is 0 Å². The lowest BCUT2D eigenvalue weighted by Gasteiger charge is -1.98. The number of hydrogen-bond acceptors (Lipinski definition) is 4. The molecule has 0 spiro atoms. The van der Waals surface area contributed by atoms with Gasteiger partial charge in [-0.3, -0.25) is 0 Å². The standard InChI is InChI=1S/C9H11N3O/c10-8-5-7(13)3-4-9(8)12-11-6-1-2-6/h3-6,13H,1-2,10H2. The fraction of sp³-hybridized carbons (Fsp3) is 0.333. The van der Waals surface area contributed by atoms with Crippen molar-refractivity contribution in [1.29, 1.82) is 0 Å². The van der Waals surface area contributed by atoms with Crippen molar-refractivity contribution in [3.63, 3.8) is 0 Å². The molecule has 1 aromatic carbocycles. The van der Waals surface area contributed by atoms with E-state index in [4.69, 9.17) is 10.8 Å². The highest BCUT2D eigenvalue weighted by molar-refractivity contribution is 5.64. The third kappa shape index (κ3) is 1.96. The number of phenols is 1. The van der Waals surface area contributed by atoms with E-state index in [0.29, 0.717) is 17.4 Å². The molecule has 3 N–H and O–H groups in total. The maximum Gasteiger partial charge on any atom is 0.117 e. The van der Waals surface area contributed by atoms with Gasteiger partial charge in [0, 0.05) is 6.07 Å². The normalized spacial score (nSPS) is 16.6. The largest absolute Gasteiger partial charge is 0.508 e. The average molecular weight is 177 g/mol. The zero-order chi connectivity index (χ0) is 9.26. The van der Waals surface area contributed by atoms with Gasteiger partial charge in [0.15, 0.2) is 0 Å². The van der Waals surface area contributed by atoms with Crippen LogP contribution in [0.5, 0.6) is 5.75 Å². The topological polar surface area (TPSA) is 71.0 Å². The van der Waals surface area contributed by atoms with Gasteiger partial charge in [0.1, 0.15) is 11.4 Å². The Bertz CT molecular complexity index is 345. The van der Waals surface area contributed by atoms with Crippen LogP contribution in [0.15, 0.2) is 28.4 Å². The second kappa shape index (κ2) is 3.05. The van der Waals surface area contributed by atoms with Gasteiger partial charge in [-0.25, -0.2) is 0 Å². The van der Waals surface area contributed by atoms with Crippen LogP contribution in [0.4, 0.5) is 11.4 Å². The number of hydrogen-bond donors (Lipinski definition) is 2. The molecule has 0 saturated heterocycles. The van der Waals surface area contributed by atoms with Gasteiger partial charge in [-0.05, 0) is 25.0 Å². The maximum atomic E-state index is 9.07. The van der Waals surface area contributed by atoms with Crippen molar-refractivity contribution in [2.24, 2.45) is 10.2 Å². The fourth-order valence-corrected chi connectivity index (χ4v) is 0.967. The summed E-state index contributed by atoms with van der Waals surface area (Å²) in [5.74, 6) is 0.155. The fourth-order valence-electron chi connectivity index (χ4n) is 0.967. The van der Waals surface area contributed by atoms with Gasteiger partial charge < -0.3 is 10.8 Å². The SMILES string of the molecule is Nc1cc(O)ccc1N=NC1CC1. The van der Waals surface area contributed by atoms with E-state index >= 15 is 0 Å². The number of nitrogens with two attached hydrogens (primary N) is 1. The molecule has 0 aliphatic heterocycles. The predicted octanol–water partition coefficient (Wildman–Crippen LogP) is 2.22. The van der Waals surface area contributed by atoms with E-state index in [9.17, 15) is 0 Å². The molecule has 68 valence electrons. The van der Waals surface area contributed by atoms with Crippen molar-refractivity contribution in [1.82, 2.24) is 0 Å². The van der Waals surface area contributed by atoms with E-state index in [1.807, 2.05) is 0 Å². The quantitative estimate of drug-likeness (QED) is 0.537. The summed E-state index contributed by atoms with van der Waals surface area (Å²) in [6.07, 6.45) is 2.25. The molecule has 2 rings (SSSR count). The van der Waals surface area contributed by atoms with Gasteiger partial charge in [0.25, 0.3) is 0 Å². The van der Waals surface area contributed by atoms with E-state index in [2.05, 4.69) is 10.2 Å². The van der Waals surface area contributed by atoms with E-state index in [0.717, 1.165) is 12.8 Å². The van der Waals surface area contributed by atoms with E-state index in [1.165, 1.54) is 6.07 Å². The van der Waals surface area contributed by atoms with Gasteiger partial charge in [0.2, 0.25) is 0 Å². The lowest BCUT2D eigenvalue weighted by atomic mass is 10.2. The molecule has 0 unspecified atom stereocenters. The van der Waals surface area contributed by atoms with Crippen LogP contribution in [0, 0.1) is 0 Å². The molecule has 0 radical (unpaired) electrons. The summed E-state index contributed by atoms with van der Waals surface area (Å²) in [7, 11) is 0. The molecule has 0 aromatic heterocycles. The van der Waals surface area contributed by atoms with E-state index in [1.54, 1.807) is 12.1 Å². The number of phenolic OH excluding ortho intramolecular Hbond substituents is 1. The van der Waals surface area contributed by atoms with Crippen LogP contribution in [0.2, 0.25) is 0 Å². The Morgan fingerprint density at radius 1 is 1.38 bits per heavy atom. The average Bonchev–Trinajstić information content (AvgIpc) is 2.86. The highest BCUT2D eigenvalue weighted by Crippen LogP contribution is 2.29. The monoisotopic (exact) mass is 177 g/mol. The number of anilines is 1. The van der Waals surface area contributed by atoms with Gasteiger partial charge >= 0.3 is 0 Å². The smallest absolute Gasteiger partial charge is 0.117 e. The summed E-state index contributed by atoms with van der Waals surface area (Å²) in [5, 5.41) is 17.1. The Morgan fingerprint density at radius 2 is 2.15 bits per heavy atom. The van der Waals surface area contributed by atoms with Gasteiger partial charge in [-0.1, -0.05) is 0 Å². The zero-order valence-corrected chi connectivity index (χ0v) is 7.14. The lowest BCUT2D eigenvalue weighted by molar-refractivity contribution is 0.475. The first-order valence-corrected chi connectivity index (χ1v) is 4.25. The van der Waals surface area contributed by atoms with Gasteiger partial charge in [0.05, 0.1) is 11.7 Å². The Balaban J connectivity index is 2.19. The minimum Gasteiger partial charge on any atom is -0.508 e. The van der Waals surface area contributed by atoms with Crippen molar-refractivity contribution in [2.45, 2.75) is 18.9 Å². The Morgan fingerprint density at radius 3 is 2.77 bits per heavy atom. The highest BCUT2D eigenvalue weighted by atomic mass is 16.3. The Hall–Kier alpha value is -1.58. The first kappa shape index (κ1) is 8.04. The summed E-state index contributed by atoms with van der Waals surface area (Å²) < 4.78 is 0. The molecule has 13 heavy (non-hydrogen) atoms. The molecule has 0 amide bonds. The molecule has 0 heterocycles. The van der Waals surface area contributed by atoms with E-state index in [-0.39, 0.29) is 5.75 Å². The Kier molecular flexibility index (Phi) is 1.88. The molecule has 0 bridgehead atoms. The number of nitrogens with zero attached hydrogens (tertiary/aromatic N) is 2. The summed E-state index contributed by atoms with van der Waals surface area (Å²) in [6, 6.07) is 5.09. The molecule has 0 atom stereocenters. The van der Waals surface area contributed by atoms with Crippen LogP contribution < -0.4 is 5.73 Å². The molecule has 4 nitrogen and oxygen atoms in total. The minimum absolute atomic E-state index is 0.155. The third-order valence-corrected chi connectivity index (χ3v) is 1.89. The number of rotatable bonds is 2. The van der Waals surface area contributed by atoms with Gasteiger partial charge in [-0.2, -0.15) is 10.2 Å².